The van der Waals surface area contributed by atoms with E-state index in [2.05, 4.69) is 21.2 Å². The molecule has 0 heterocycles. The highest BCUT2D eigenvalue weighted by Gasteiger charge is 2.34. The number of hydrogen-bond donors (Lipinski definition) is 1. The van der Waals surface area contributed by atoms with E-state index in [1.165, 1.54) is 16.4 Å². The Bertz CT molecular complexity index is 959. The van der Waals surface area contributed by atoms with Gasteiger partial charge in [0, 0.05) is 10.5 Å². The first kappa shape index (κ1) is 22.9. The van der Waals surface area contributed by atoms with Gasteiger partial charge in [0.1, 0.15) is 5.82 Å². The Kier molecular flexibility index (Phi) is 7.65. The standard InChI is InChI=1S/C22H26BrFN2O3S/c1-16(17-7-9-18(23)10-8-17)25-22(27)15-26(20-5-3-2-4-6-20)30(28,29)21-13-11-19(24)12-14-21/h7-14,16,20H,2-6,15H2,1H3,(H,25,27)/t16-/m0/s1. The molecule has 1 amide bonds. The predicted octanol–water partition coefficient (Wildman–Crippen LogP) is 4.79. The molecule has 162 valence electrons. The highest BCUT2D eigenvalue weighted by atomic mass is 79.9. The highest BCUT2D eigenvalue weighted by Crippen LogP contribution is 2.28. The first-order valence-corrected chi connectivity index (χ1v) is 12.3. The molecule has 5 nitrogen and oxygen atoms in total. The molecule has 1 aliphatic carbocycles. The molecule has 0 aliphatic heterocycles. The smallest absolute Gasteiger partial charge is 0.243 e. The number of nitrogens with zero attached hydrogens (tertiary/aromatic N) is 1. The van der Waals surface area contributed by atoms with E-state index >= 15 is 0 Å². The molecular formula is C22H26BrFN2O3S. The fraction of sp³-hybridized carbons (Fsp3) is 0.409. The number of rotatable bonds is 7. The van der Waals surface area contributed by atoms with Crippen molar-refractivity contribution >= 4 is 31.9 Å². The summed E-state index contributed by atoms with van der Waals surface area (Å²) < 4.78 is 42.1. The lowest BCUT2D eigenvalue weighted by Crippen LogP contribution is -2.47. The second kappa shape index (κ2) is 10.0. The van der Waals surface area contributed by atoms with Gasteiger partial charge in [-0.3, -0.25) is 4.79 Å². The summed E-state index contributed by atoms with van der Waals surface area (Å²) in [6.07, 6.45) is 4.35. The van der Waals surface area contributed by atoms with Crippen LogP contribution in [0.1, 0.15) is 50.6 Å². The third-order valence-corrected chi connectivity index (χ3v) is 7.89. The van der Waals surface area contributed by atoms with Crippen molar-refractivity contribution in [3.8, 4) is 0 Å². The highest BCUT2D eigenvalue weighted by molar-refractivity contribution is 9.10. The van der Waals surface area contributed by atoms with Crippen molar-refractivity contribution < 1.29 is 17.6 Å². The van der Waals surface area contributed by atoms with Crippen LogP contribution in [-0.4, -0.2) is 31.2 Å². The molecular weight excluding hydrogens is 471 g/mol. The summed E-state index contributed by atoms with van der Waals surface area (Å²) in [6.45, 7) is 1.60. The number of sulfonamides is 1. The molecule has 1 N–H and O–H groups in total. The van der Waals surface area contributed by atoms with Crippen molar-refractivity contribution in [2.24, 2.45) is 0 Å². The Labute approximate surface area is 185 Å². The average molecular weight is 497 g/mol. The second-order valence-corrected chi connectivity index (χ2v) is 10.4. The Morgan fingerprint density at radius 3 is 2.30 bits per heavy atom. The number of carbonyl (C=O) groups excluding carboxylic acids is 1. The fourth-order valence-corrected chi connectivity index (χ4v) is 5.69. The van der Waals surface area contributed by atoms with Gasteiger partial charge >= 0.3 is 0 Å². The van der Waals surface area contributed by atoms with Crippen LogP contribution in [0.25, 0.3) is 0 Å². The summed E-state index contributed by atoms with van der Waals surface area (Å²) in [5.74, 6) is -0.860. The van der Waals surface area contributed by atoms with Crippen LogP contribution in [0, 0.1) is 5.82 Å². The minimum absolute atomic E-state index is 0.00299. The van der Waals surface area contributed by atoms with E-state index in [1.54, 1.807) is 0 Å². The number of halogens is 2. The lowest BCUT2D eigenvalue weighted by atomic mass is 9.95. The third kappa shape index (κ3) is 5.68. The lowest BCUT2D eigenvalue weighted by molar-refractivity contribution is -0.122. The van der Waals surface area contributed by atoms with Gasteiger partial charge in [-0.1, -0.05) is 47.3 Å². The van der Waals surface area contributed by atoms with Crippen LogP contribution in [0.4, 0.5) is 4.39 Å². The minimum atomic E-state index is -3.92. The van der Waals surface area contributed by atoms with Gasteiger partial charge in [-0.2, -0.15) is 4.31 Å². The lowest BCUT2D eigenvalue weighted by Gasteiger charge is -2.33. The zero-order valence-electron chi connectivity index (χ0n) is 16.9. The molecule has 1 saturated carbocycles. The fourth-order valence-electron chi connectivity index (χ4n) is 3.78. The van der Waals surface area contributed by atoms with Crippen LogP contribution < -0.4 is 5.32 Å². The number of carbonyl (C=O) groups is 1. The molecule has 2 aromatic rings. The summed E-state index contributed by atoms with van der Waals surface area (Å²) in [5, 5.41) is 2.90. The number of benzene rings is 2. The van der Waals surface area contributed by atoms with Gasteiger partial charge in [0.15, 0.2) is 0 Å². The summed E-state index contributed by atoms with van der Waals surface area (Å²) in [4.78, 5) is 12.8. The van der Waals surface area contributed by atoms with Crippen LogP contribution in [0.3, 0.4) is 0 Å². The maximum Gasteiger partial charge on any atom is 0.243 e. The molecule has 0 aromatic heterocycles. The van der Waals surface area contributed by atoms with Crippen LogP contribution >= 0.6 is 15.9 Å². The van der Waals surface area contributed by atoms with Gasteiger partial charge < -0.3 is 5.32 Å². The molecule has 0 unspecified atom stereocenters. The molecule has 0 saturated heterocycles. The minimum Gasteiger partial charge on any atom is -0.348 e. The number of amides is 1. The van der Waals surface area contributed by atoms with Crippen molar-refractivity contribution in [2.45, 2.75) is 56.0 Å². The SMILES string of the molecule is C[C@H](NC(=O)CN(C1CCCCC1)S(=O)(=O)c1ccc(F)cc1)c1ccc(Br)cc1. The molecule has 0 radical (unpaired) electrons. The zero-order valence-corrected chi connectivity index (χ0v) is 19.3. The maximum atomic E-state index is 13.3. The summed E-state index contributed by atoms with van der Waals surface area (Å²) in [5.41, 5.74) is 0.928. The Morgan fingerprint density at radius 2 is 1.70 bits per heavy atom. The largest absolute Gasteiger partial charge is 0.348 e. The molecule has 8 heteroatoms. The van der Waals surface area contributed by atoms with Crippen molar-refractivity contribution in [1.29, 1.82) is 0 Å². The maximum absolute atomic E-state index is 13.3. The summed E-state index contributed by atoms with van der Waals surface area (Å²) in [6, 6.07) is 11.9. The van der Waals surface area contributed by atoms with E-state index in [9.17, 15) is 17.6 Å². The van der Waals surface area contributed by atoms with E-state index in [1.807, 2.05) is 31.2 Å². The van der Waals surface area contributed by atoms with Gasteiger partial charge in [0.2, 0.25) is 15.9 Å². The monoisotopic (exact) mass is 496 g/mol. The van der Waals surface area contributed by atoms with Gasteiger partial charge in [-0.05, 0) is 61.7 Å². The first-order chi connectivity index (χ1) is 14.3. The quantitative estimate of drug-likeness (QED) is 0.599. The second-order valence-electron chi connectivity index (χ2n) is 7.64. The number of nitrogens with one attached hydrogen (secondary N) is 1. The Morgan fingerprint density at radius 1 is 1.10 bits per heavy atom. The van der Waals surface area contributed by atoms with Gasteiger partial charge in [0.05, 0.1) is 17.5 Å². The number of hydrogen-bond acceptors (Lipinski definition) is 3. The van der Waals surface area contributed by atoms with Crippen molar-refractivity contribution in [1.82, 2.24) is 9.62 Å². The van der Waals surface area contributed by atoms with E-state index in [4.69, 9.17) is 0 Å². The van der Waals surface area contributed by atoms with Gasteiger partial charge in [0.25, 0.3) is 0 Å². The van der Waals surface area contributed by atoms with Crippen LogP contribution in [-0.2, 0) is 14.8 Å². The third-order valence-electron chi connectivity index (χ3n) is 5.45. The Hall–Kier alpha value is -1.77. The molecule has 0 bridgehead atoms. The average Bonchev–Trinajstić information content (AvgIpc) is 2.73. The van der Waals surface area contributed by atoms with Crippen molar-refractivity contribution in [2.75, 3.05) is 6.54 Å². The normalized spacial score (nSPS) is 16.4. The zero-order chi connectivity index (χ0) is 21.7. The van der Waals surface area contributed by atoms with Gasteiger partial charge in [-0.15, -0.1) is 0 Å². The van der Waals surface area contributed by atoms with E-state index in [0.717, 1.165) is 54.3 Å². The van der Waals surface area contributed by atoms with Crippen molar-refractivity contribution in [3.63, 3.8) is 0 Å². The van der Waals surface area contributed by atoms with Gasteiger partial charge in [-0.25, -0.2) is 12.8 Å². The molecule has 1 fully saturated rings. The molecule has 2 aromatic carbocycles. The van der Waals surface area contributed by atoms with Crippen molar-refractivity contribution in [3.05, 3.63) is 64.4 Å². The van der Waals surface area contributed by atoms with Crippen LogP contribution in [0.2, 0.25) is 0 Å². The molecule has 1 aliphatic rings. The first-order valence-electron chi connectivity index (χ1n) is 10.1. The molecule has 3 rings (SSSR count). The summed E-state index contributed by atoms with van der Waals surface area (Å²) in [7, 11) is -3.92. The molecule has 0 spiro atoms. The Balaban J connectivity index is 1.79. The molecule has 1 atom stereocenters. The van der Waals surface area contributed by atoms with E-state index < -0.39 is 15.8 Å². The summed E-state index contributed by atoms with van der Waals surface area (Å²) >= 11 is 3.39. The van der Waals surface area contributed by atoms with Crippen LogP contribution in [0.5, 0.6) is 0 Å². The molecule has 30 heavy (non-hydrogen) atoms. The van der Waals surface area contributed by atoms with E-state index in [-0.39, 0.29) is 29.4 Å². The van der Waals surface area contributed by atoms with E-state index in [0.29, 0.717) is 0 Å². The predicted molar refractivity (Wildman–Crippen MR) is 118 cm³/mol. The topological polar surface area (TPSA) is 66.5 Å². The van der Waals surface area contributed by atoms with Crippen LogP contribution in [0.15, 0.2) is 57.9 Å².